The molecule has 0 saturated heterocycles. The van der Waals surface area contributed by atoms with Crippen molar-refractivity contribution in [3.8, 4) is 0 Å². The smallest absolute Gasteiger partial charge is 0.222 e. The lowest BCUT2D eigenvalue weighted by molar-refractivity contribution is -0.524. The van der Waals surface area contributed by atoms with Crippen molar-refractivity contribution in [2.24, 2.45) is 0 Å². The second kappa shape index (κ2) is 4.34. The van der Waals surface area contributed by atoms with Gasteiger partial charge < -0.3 is 0 Å². The molecule has 0 aromatic rings. The molecule has 0 aromatic heterocycles. The second-order valence-corrected chi connectivity index (χ2v) is 4.61. The third-order valence-corrected chi connectivity index (χ3v) is 3.30. The highest BCUT2D eigenvalue weighted by molar-refractivity contribution is 5.33. The predicted molar refractivity (Wildman–Crippen MR) is 39.6 cm³/mol. The Morgan fingerprint density at radius 1 is 0.333 bits per heavy atom. The molecule has 0 N–H and O–H groups in total. The molecule has 2 atom stereocenters. The maximum atomic E-state index is 13.5. The van der Waals surface area contributed by atoms with Gasteiger partial charge in [0.2, 0.25) is 0 Å². The van der Waals surface area contributed by atoms with Crippen LogP contribution in [-0.4, -0.2) is 47.4 Å². The van der Waals surface area contributed by atoms with E-state index in [9.17, 15) is 70.2 Å². The number of hydrogen-bond donors (Lipinski definition) is 0. The minimum absolute atomic E-state index is 8.03. The second-order valence-electron chi connectivity index (χ2n) is 4.61. The molecule has 1 aliphatic carbocycles. The van der Waals surface area contributed by atoms with Gasteiger partial charge in [0.15, 0.2) is 0 Å². The van der Waals surface area contributed by atoms with Crippen LogP contribution in [0.25, 0.3) is 0 Å². The molecule has 1 aliphatic rings. The van der Waals surface area contributed by atoms with Gasteiger partial charge in [-0.15, -0.1) is 0 Å². The Bertz CT molecular complexity index is 475. The molecular weight excluding hydrogens is 400 g/mol. The summed E-state index contributed by atoms with van der Waals surface area (Å²) in [6.07, 6.45) is -16.2. The van der Waals surface area contributed by atoms with Gasteiger partial charge in [0.05, 0.1) is 0 Å². The SMILES string of the molecule is FC1(F)C(F)(F)C(F)(F)[C@@](F)(C(F)(F)F)[C@@](F)(C(F)(F)F)C1(F)F. The summed E-state index contributed by atoms with van der Waals surface area (Å²) in [5, 5.41) is 0. The van der Waals surface area contributed by atoms with E-state index in [4.69, 9.17) is 0 Å². The normalized spacial score (nSPS) is 38.0. The Morgan fingerprint density at radius 2 is 0.500 bits per heavy atom. The third-order valence-electron chi connectivity index (χ3n) is 3.30. The Morgan fingerprint density at radius 3 is 0.625 bits per heavy atom. The molecule has 0 heterocycles. The van der Waals surface area contributed by atoms with Crippen LogP contribution in [0.3, 0.4) is 0 Å². The van der Waals surface area contributed by atoms with E-state index in [2.05, 4.69) is 0 Å². The zero-order valence-corrected chi connectivity index (χ0v) is 10.0. The van der Waals surface area contributed by atoms with Crippen LogP contribution in [0.15, 0.2) is 0 Å². The highest BCUT2D eigenvalue weighted by Crippen LogP contribution is 2.74. The molecule has 0 nitrogen and oxygen atoms in total. The minimum atomic E-state index is -8.43. The van der Waals surface area contributed by atoms with Crippen molar-refractivity contribution in [1.29, 1.82) is 0 Å². The van der Waals surface area contributed by atoms with Crippen LogP contribution in [0.5, 0.6) is 0 Å². The van der Waals surface area contributed by atoms with Crippen LogP contribution in [0.2, 0.25) is 0 Å². The van der Waals surface area contributed by atoms with Crippen molar-refractivity contribution in [2.45, 2.75) is 47.4 Å². The van der Waals surface area contributed by atoms with Crippen molar-refractivity contribution >= 4 is 0 Å². The quantitative estimate of drug-likeness (QED) is 0.498. The molecule has 0 spiro atoms. The molecule has 1 rings (SSSR count). The highest BCUT2D eigenvalue weighted by atomic mass is 19.4. The largest absolute Gasteiger partial charge is 0.432 e. The van der Waals surface area contributed by atoms with E-state index in [1.165, 1.54) is 0 Å². The van der Waals surface area contributed by atoms with Gasteiger partial charge in [-0.05, 0) is 0 Å². The van der Waals surface area contributed by atoms with Crippen molar-refractivity contribution in [1.82, 2.24) is 0 Å². The molecular formula is C8F16. The van der Waals surface area contributed by atoms with Gasteiger partial charge in [-0.25, -0.2) is 8.78 Å². The van der Waals surface area contributed by atoms with Gasteiger partial charge in [-0.2, -0.15) is 61.5 Å². The molecule has 144 valence electrons. The zero-order chi connectivity index (χ0) is 20.0. The molecule has 0 aromatic carbocycles. The average molecular weight is 400 g/mol. The lowest BCUT2D eigenvalue weighted by Crippen LogP contribution is -2.90. The van der Waals surface area contributed by atoms with Gasteiger partial charge in [0.1, 0.15) is 0 Å². The summed E-state index contributed by atoms with van der Waals surface area (Å²) in [6, 6.07) is 0. The minimum Gasteiger partial charge on any atom is -0.222 e. The highest BCUT2D eigenvalue weighted by Gasteiger charge is 3.08. The number of alkyl halides is 16. The number of halogens is 16. The summed E-state index contributed by atoms with van der Waals surface area (Å²) in [5.41, 5.74) is -16.9. The molecule has 24 heavy (non-hydrogen) atoms. The van der Waals surface area contributed by atoms with Crippen molar-refractivity contribution in [2.75, 3.05) is 0 Å². The topological polar surface area (TPSA) is 0 Å². The summed E-state index contributed by atoms with van der Waals surface area (Å²) >= 11 is 0. The Hall–Kier alpha value is -1.12. The van der Waals surface area contributed by atoms with Crippen molar-refractivity contribution in [3.63, 3.8) is 0 Å². The summed E-state index contributed by atoms with van der Waals surface area (Å²) in [4.78, 5) is 0. The van der Waals surface area contributed by atoms with Crippen LogP contribution in [0.4, 0.5) is 70.2 Å². The molecule has 0 radical (unpaired) electrons. The van der Waals surface area contributed by atoms with E-state index in [0.29, 0.717) is 0 Å². The maximum Gasteiger partial charge on any atom is 0.432 e. The molecule has 16 heteroatoms. The van der Waals surface area contributed by atoms with Gasteiger partial charge >= 0.3 is 47.4 Å². The Balaban J connectivity index is 4.18. The first-order valence-electron chi connectivity index (χ1n) is 5.02. The van der Waals surface area contributed by atoms with E-state index in [-0.39, 0.29) is 0 Å². The van der Waals surface area contributed by atoms with Crippen LogP contribution >= 0.6 is 0 Å². The van der Waals surface area contributed by atoms with Gasteiger partial charge in [0, 0.05) is 0 Å². The van der Waals surface area contributed by atoms with Gasteiger partial charge in [0.25, 0.3) is 0 Å². The summed E-state index contributed by atoms with van der Waals surface area (Å²) in [7, 11) is 0. The van der Waals surface area contributed by atoms with Crippen LogP contribution in [-0.2, 0) is 0 Å². The van der Waals surface area contributed by atoms with E-state index in [1.54, 1.807) is 0 Å². The predicted octanol–water partition coefficient (Wildman–Crippen LogP) is 5.08. The monoisotopic (exact) mass is 400 g/mol. The fourth-order valence-corrected chi connectivity index (χ4v) is 2.01. The molecule has 0 amide bonds. The molecule has 0 bridgehead atoms. The third kappa shape index (κ3) is 1.64. The number of rotatable bonds is 0. The Kier molecular flexibility index (Phi) is 3.78. The van der Waals surface area contributed by atoms with Crippen LogP contribution < -0.4 is 0 Å². The molecule has 1 fully saturated rings. The first-order chi connectivity index (χ1) is 10.0. The fraction of sp³-hybridized carbons (Fsp3) is 1.00. The standard InChI is InChI=1S/C8F16/c9-1(7(19,20)21)2(10,8(22,23)24)4(13,14)6(17,18)5(15,16)3(1,11)12/t1-,2+. The van der Waals surface area contributed by atoms with E-state index in [1.807, 2.05) is 0 Å². The first-order valence-corrected chi connectivity index (χ1v) is 5.02. The molecule has 0 unspecified atom stereocenters. The lowest BCUT2D eigenvalue weighted by Gasteiger charge is -2.55. The molecule has 0 aliphatic heterocycles. The summed E-state index contributed by atoms with van der Waals surface area (Å²) in [5.74, 6) is -32.6. The van der Waals surface area contributed by atoms with Gasteiger partial charge in [-0.3, -0.25) is 0 Å². The molecule has 1 saturated carbocycles. The average Bonchev–Trinajstić information content (AvgIpc) is 2.31. The van der Waals surface area contributed by atoms with E-state index >= 15 is 0 Å². The maximum absolute atomic E-state index is 13.5. The summed E-state index contributed by atoms with van der Waals surface area (Å²) < 4.78 is 204. The first kappa shape index (κ1) is 20.9. The van der Waals surface area contributed by atoms with Crippen molar-refractivity contribution < 1.29 is 70.2 Å². The fourth-order valence-electron chi connectivity index (χ4n) is 2.01. The van der Waals surface area contributed by atoms with Crippen LogP contribution in [0, 0.1) is 0 Å². The van der Waals surface area contributed by atoms with E-state index < -0.39 is 47.4 Å². The summed E-state index contributed by atoms with van der Waals surface area (Å²) in [6.45, 7) is 0. The van der Waals surface area contributed by atoms with Crippen LogP contribution in [0.1, 0.15) is 0 Å². The Labute approximate surface area is 119 Å². The zero-order valence-electron chi connectivity index (χ0n) is 10.0. The van der Waals surface area contributed by atoms with E-state index in [0.717, 1.165) is 0 Å². The lowest BCUT2D eigenvalue weighted by atomic mass is 9.64. The van der Waals surface area contributed by atoms with Crippen molar-refractivity contribution in [3.05, 3.63) is 0 Å². The number of hydrogen-bond acceptors (Lipinski definition) is 0. The van der Waals surface area contributed by atoms with Gasteiger partial charge in [-0.1, -0.05) is 0 Å².